The van der Waals surface area contributed by atoms with Crippen molar-refractivity contribution in [2.24, 2.45) is 5.73 Å². The van der Waals surface area contributed by atoms with E-state index in [1.165, 1.54) is 31.4 Å². The summed E-state index contributed by atoms with van der Waals surface area (Å²) in [7, 11) is 0. The van der Waals surface area contributed by atoms with Gasteiger partial charge < -0.3 is 5.73 Å². The zero-order valence-corrected chi connectivity index (χ0v) is 10.9. The fraction of sp³-hybridized carbons (Fsp3) is 0.600. The Balaban J connectivity index is 2.02. The van der Waals surface area contributed by atoms with E-state index in [4.69, 9.17) is 5.73 Å². The monoisotopic (exact) mass is 232 g/mol. The van der Waals surface area contributed by atoms with Crippen LogP contribution in [0, 0.1) is 0 Å². The molecule has 2 nitrogen and oxygen atoms in total. The van der Waals surface area contributed by atoms with Gasteiger partial charge in [0.25, 0.3) is 0 Å². The predicted octanol–water partition coefficient (Wildman–Crippen LogP) is 2.56. The van der Waals surface area contributed by atoms with E-state index in [2.05, 4.69) is 36.1 Å². The number of nitrogens with zero attached hydrogens (tertiary/aromatic N) is 1. The molecule has 0 bridgehead atoms. The van der Waals surface area contributed by atoms with E-state index >= 15 is 0 Å². The largest absolute Gasteiger partial charge is 0.330 e. The summed E-state index contributed by atoms with van der Waals surface area (Å²) in [5.41, 5.74) is 8.66. The normalized spacial score (nSPS) is 18.5. The van der Waals surface area contributed by atoms with Crippen molar-refractivity contribution in [2.45, 2.75) is 45.2 Å². The van der Waals surface area contributed by atoms with Crippen LogP contribution in [0.4, 0.5) is 0 Å². The molecule has 1 aromatic rings. The maximum atomic E-state index is 5.60. The highest BCUT2D eigenvalue weighted by Gasteiger charge is 2.18. The minimum atomic E-state index is 0.657. The lowest BCUT2D eigenvalue weighted by atomic mass is 10.0. The zero-order chi connectivity index (χ0) is 12.1. The minimum absolute atomic E-state index is 0.657. The Labute approximate surface area is 105 Å². The molecule has 1 heterocycles. The molecule has 1 aliphatic heterocycles. The van der Waals surface area contributed by atoms with E-state index in [0.29, 0.717) is 6.04 Å². The van der Waals surface area contributed by atoms with Gasteiger partial charge in [-0.1, -0.05) is 24.3 Å². The Bertz CT molecular complexity index is 349. The number of nitrogens with two attached hydrogens (primary N) is 1. The quantitative estimate of drug-likeness (QED) is 0.864. The molecule has 0 spiro atoms. The number of benzene rings is 1. The second-order valence-electron chi connectivity index (χ2n) is 5.12. The molecule has 2 N–H and O–H groups in total. The van der Waals surface area contributed by atoms with Crippen LogP contribution < -0.4 is 5.73 Å². The fourth-order valence-electron chi connectivity index (χ4n) is 2.70. The first-order chi connectivity index (χ1) is 8.31. The Hall–Kier alpha value is -0.860. The molecule has 1 aliphatic rings. The van der Waals surface area contributed by atoms with Crippen LogP contribution in [0.15, 0.2) is 24.3 Å². The third kappa shape index (κ3) is 3.30. The summed E-state index contributed by atoms with van der Waals surface area (Å²) in [5, 5.41) is 0. The first kappa shape index (κ1) is 12.6. The van der Waals surface area contributed by atoms with Crippen LogP contribution >= 0.6 is 0 Å². The van der Waals surface area contributed by atoms with Crippen molar-refractivity contribution in [3.8, 4) is 0 Å². The van der Waals surface area contributed by atoms with Gasteiger partial charge in [-0.25, -0.2) is 0 Å². The van der Waals surface area contributed by atoms with Crippen LogP contribution in [-0.4, -0.2) is 24.0 Å². The second-order valence-corrected chi connectivity index (χ2v) is 5.12. The molecular formula is C15H24N2. The molecule has 2 rings (SSSR count). The van der Waals surface area contributed by atoms with Crippen molar-refractivity contribution in [1.29, 1.82) is 0 Å². The molecule has 1 aromatic carbocycles. The fourth-order valence-corrected chi connectivity index (χ4v) is 2.70. The third-order valence-electron chi connectivity index (χ3n) is 3.83. The molecule has 2 heteroatoms. The number of hydrogen-bond acceptors (Lipinski definition) is 2. The van der Waals surface area contributed by atoms with Gasteiger partial charge in [-0.05, 0) is 56.8 Å². The molecule has 0 saturated carbocycles. The molecule has 0 aromatic heterocycles. The van der Waals surface area contributed by atoms with Crippen LogP contribution in [0.25, 0.3) is 0 Å². The molecule has 94 valence electrons. The van der Waals surface area contributed by atoms with Crippen molar-refractivity contribution >= 4 is 0 Å². The van der Waals surface area contributed by atoms with Gasteiger partial charge in [-0.15, -0.1) is 0 Å². The lowest BCUT2D eigenvalue weighted by Crippen LogP contribution is -2.33. The van der Waals surface area contributed by atoms with E-state index in [1.807, 2.05) is 0 Å². The van der Waals surface area contributed by atoms with Gasteiger partial charge >= 0.3 is 0 Å². The van der Waals surface area contributed by atoms with E-state index in [1.54, 1.807) is 5.56 Å². The van der Waals surface area contributed by atoms with Gasteiger partial charge in [0.05, 0.1) is 0 Å². The second kappa shape index (κ2) is 6.18. The Morgan fingerprint density at radius 3 is 2.82 bits per heavy atom. The molecule has 1 atom stereocenters. The lowest BCUT2D eigenvalue weighted by molar-refractivity contribution is 0.192. The van der Waals surface area contributed by atoms with Gasteiger partial charge in [-0.3, -0.25) is 4.90 Å². The van der Waals surface area contributed by atoms with Crippen molar-refractivity contribution < 1.29 is 0 Å². The lowest BCUT2D eigenvalue weighted by Gasteiger charge is -2.27. The minimum Gasteiger partial charge on any atom is -0.330 e. The summed E-state index contributed by atoms with van der Waals surface area (Å²) in [6.07, 6.45) is 4.87. The van der Waals surface area contributed by atoms with Crippen molar-refractivity contribution in [3.05, 3.63) is 35.4 Å². The summed E-state index contributed by atoms with van der Waals surface area (Å²) in [4.78, 5) is 2.61. The summed E-state index contributed by atoms with van der Waals surface area (Å²) in [5.74, 6) is 0. The van der Waals surface area contributed by atoms with Crippen molar-refractivity contribution in [2.75, 3.05) is 13.1 Å². The predicted molar refractivity (Wildman–Crippen MR) is 72.9 cm³/mol. The van der Waals surface area contributed by atoms with Crippen LogP contribution in [-0.2, 0) is 13.0 Å². The highest BCUT2D eigenvalue weighted by molar-refractivity contribution is 5.28. The molecule has 0 aliphatic carbocycles. The summed E-state index contributed by atoms with van der Waals surface area (Å²) < 4.78 is 0. The van der Waals surface area contributed by atoms with Gasteiger partial charge in [0.2, 0.25) is 0 Å². The van der Waals surface area contributed by atoms with Gasteiger partial charge in [-0.2, -0.15) is 0 Å². The summed E-state index contributed by atoms with van der Waals surface area (Å²) in [6, 6.07) is 9.54. The van der Waals surface area contributed by atoms with Crippen LogP contribution in [0.2, 0.25) is 0 Å². The molecule has 0 fully saturated rings. The Kier molecular flexibility index (Phi) is 4.57. The molecule has 0 amide bonds. The standard InChI is InChI=1S/C15H24N2/c1-13(6-4-10-16)17-11-5-9-14-7-2-3-8-15(14)12-17/h2-3,7-8,13H,4-6,9-12,16H2,1H3. The highest BCUT2D eigenvalue weighted by atomic mass is 15.1. The summed E-state index contributed by atoms with van der Waals surface area (Å²) in [6.45, 7) is 5.49. The SMILES string of the molecule is CC(CCCN)N1CCCc2ccccc2C1. The third-order valence-corrected chi connectivity index (χ3v) is 3.83. The number of hydrogen-bond donors (Lipinski definition) is 1. The van der Waals surface area contributed by atoms with E-state index in [9.17, 15) is 0 Å². The molecule has 0 radical (unpaired) electrons. The van der Waals surface area contributed by atoms with Gasteiger partial charge in [0.15, 0.2) is 0 Å². The molecule has 17 heavy (non-hydrogen) atoms. The number of rotatable bonds is 4. The Morgan fingerprint density at radius 1 is 1.29 bits per heavy atom. The van der Waals surface area contributed by atoms with Crippen LogP contribution in [0.1, 0.15) is 37.3 Å². The topological polar surface area (TPSA) is 29.3 Å². The first-order valence-electron chi connectivity index (χ1n) is 6.82. The van der Waals surface area contributed by atoms with E-state index < -0.39 is 0 Å². The first-order valence-corrected chi connectivity index (χ1v) is 6.82. The maximum Gasteiger partial charge on any atom is 0.0239 e. The van der Waals surface area contributed by atoms with Crippen LogP contribution in [0.3, 0.4) is 0 Å². The molecule has 0 saturated heterocycles. The van der Waals surface area contributed by atoms with E-state index in [0.717, 1.165) is 19.5 Å². The van der Waals surface area contributed by atoms with Crippen molar-refractivity contribution in [3.63, 3.8) is 0 Å². The average Bonchev–Trinajstić information content (AvgIpc) is 2.58. The van der Waals surface area contributed by atoms with Crippen LogP contribution in [0.5, 0.6) is 0 Å². The smallest absolute Gasteiger partial charge is 0.0239 e. The molecular weight excluding hydrogens is 208 g/mol. The molecule has 1 unspecified atom stereocenters. The van der Waals surface area contributed by atoms with Gasteiger partial charge in [0, 0.05) is 12.6 Å². The van der Waals surface area contributed by atoms with E-state index in [-0.39, 0.29) is 0 Å². The zero-order valence-electron chi connectivity index (χ0n) is 10.9. The van der Waals surface area contributed by atoms with Gasteiger partial charge in [0.1, 0.15) is 0 Å². The number of aryl methyl sites for hydroxylation is 1. The van der Waals surface area contributed by atoms with Crippen molar-refractivity contribution in [1.82, 2.24) is 4.90 Å². The maximum absolute atomic E-state index is 5.60. The Morgan fingerprint density at radius 2 is 2.06 bits per heavy atom. The highest BCUT2D eigenvalue weighted by Crippen LogP contribution is 2.21. The summed E-state index contributed by atoms with van der Waals surface area (Å²) >= 11 is 0. The number of fused-ring (bicyclic) bond motifs is 1. The average molecular weight is 232 g/mol.